The maximum absolute atomic E-state index is 9.44. The Morgan fingerprint density at radius 3 is 2.80 bits per heavy atom. The van der Waals surface area contributed by atoms with Crippen LogP contribution in [0.1, 0.15) is 30.9 Å². The zero-order valence-electron chi connectivity index (χ0n) is 9.33. The first-order valence-electron chi connectivity index (χ1n) is 5.50. The molecule has 0 radical (unpaired) electrons. The summed E-state index contributed by atoms with van der Waals surface area (Å²) in [6.07, 6.45) is 2.28. The maximum atomic E-state index is 9.44. The normalized spacial score (nSPS) is 21.2. The van der Waals surface area contributed by atoms with E-state index in [-0.39, 0.29) is 0 Å². The van der Waals surface area contributed by atoms with E-state index in [9.17, 15) is 5.11 Å². The maximum Gasteiger partial charge on any atom is 0.118 e. The lowest BCUT2D eigenvalue weighted by atomic mass is 9.95. The molecule has 1 aliphatic rings. The van der Waals surface area contributed by atoms with Crippen LogP contribution in [-0.2, 0) is 0 Å². The van der Waals surface area contributed by atoms with Crippen molar-refractivity contribution in [3.63, 3.8) is 0 Å². The molecule has 1 atom stereocenters. The van der Waals surface area contributed by atoms with Crippen LogP contribution < -0.4 is 0 Å². The van der Waals surface area contributed by atoms with Gasteiger partial charge in [0.25, 0.3) is 0 Å². The van der Waals surface area contributed by atoms with Crippen molar-refractivity contribution < 1.29 is 5.11 Å². The van der Waals surface area contributed by atoms with Crippen molar-refractivity contribution in [1.29, 1.82) is 0 Å². The van der Waals surface area contributed by atoms with E-state index in [1.165, 1.54) is 12.1 Å². The van der Waals surface area contributed by atoms with Crippen molar-refractivity contribution >= 4 is 5.71 Å². The van der Waals surface area contributed by atoms with Crippen LogP contribution in [0.5, 0.6) is 5.75 Å². The van der Waals surface area contributed by atoms with Gasteiger partial charge in [-0.25, -0.2) is 0 Å². The molecular weight excluding hydrogens is 186 g/mol. The highest BCUT2D eigenvalue weighted by Gasteiger charge is 2.13. The first kappa shape index (κ1) is 10.2. The monoisotopic (exact) mass is 203 g/mol. The Morgan fingerprint density at radius 1 is 1.40 bits per heavy atom. The second kappa shape index (κ2) is 4.05. The molecule has 0 spiro atoms. The molecule has 0 saturated carbocycles. The molecule has 2 rings (SSSR count). The second-order valence-electron chi connectivity index (χ2n) is 4.43. The lowest BCUT2D eigenvalue weighted by Gasteiger charge is -2.17. The zero-order valence-corrected chi connectivity index (χ0v) is 9.33. The predicted octanol–water partition coefficient (Wildman–Crippen LogP) is 2.92. The molecule has 15 heavy (non-hydrogen) atoms. The molecule has 2 heteroatoms. The molecule has 0 bridgehead atoms. The summed E-state index contributed by atoms with van der Waals surface area (Å²) in [6, 6.07) is 5.73. The summed E-state index contributed by atoms with van der Waals surface area (Å²) < 4.78 is 0. The first-order valence-corrected chi connectivity index (χ1v) is 5.50. The number of hydrogen-bond donors (Lipinski definition) is 1. The van der Waals surface area contributed by atoms with Crippen LogP contribution in [0.2, 0.25) is 0 Å². The van der Waals surface area contributed by atoms with Gasteiger partial charge in [-0.1, -0.05) is 6.92 Å². The van der Waals surface area contributed by atoms with Crippen LogP contribution in [0.3, 0.4) is 0 Å². The molecule has 0 fully saturated rings. The number of nitrogens with zero attached hydrogens (tertiary/aromatic N) is 1. The van der Waals surface area contributed by atoms with Gasteiger partial charge in [0, 0.05) is 12.3 Å². The fourth-order valence-corrected chi connectivity index (χ4v) is 1.89. The van der Waals surface area contributed by atoms with E-state index in [1.54, 1.807) is 6.07 Å². The van der Waals surface area contributed by atoms with Crippen molar-refractivity contribution in [3.8, 4) is 5.75 Å². The van der Waals surface area contributed by atoms with Crippen LogP contribution in [0, 0.1) is 12.8 Å². The van der Waals surface area contributed by atoms with Crippen LogP contribution >= 0.6 is 0 Å². The number of aryl methyl sites for hydroxylation is 1. The highest BCUT2D eigenvalue weighted by molar-refractivity contribution is 6.01. The molecular formula is C13H17NO. The summed E-state index contributed by atoms with van der Waals surface area (Å²) in [5.74, 6) is 1.08. The number of phenols is 1. The molecule has 0 aromatic heterocycles. The average molecular weight is 203 g/mol. The summed E-state index contributed by atoms with van der Waals surface area (Å²) in [5.41, 5.74) is 3.28. The Bertz CT molecular complexity index is 396. The summed E-state index contributed by atoms with van der Waals surface area (Å²) >= 11 is 0. The lowest BCUT2D eigenvalue weighted by Crippen LogP contribution is -2.14. The topological polar surface area (TPSA) is 32.6 Å². The molecule has 1 heterocycles. The molecule has 2 nitrogen and oxygen atoms in total. The van der Waals surface area contributed by atoms with Crippen LogP contribution in [0.4, 0.5) is 0 Å². The number of rotatable bonds is 1. The first-order chi connectivity index (χ1) is 7.16. The molecule has 1 aromatic carbocycles. The van der Waals surface area contributed by atoms with Gasteiger partial charge in [0.2, 0.25) is 0 Å². The number of benzene rings is 1. The Hall–Kier alpha value is -1.31. The van der Waals surface area contributed by atoms with Gasteiger partial charge in [-0.15, -0.1) is 0 Å². The summed E-state index contributed by atoms with van der Waals surface area (Å²) in [7, 11) is 0. The molecule has 0 aliphatic carbocycles. The Balaban J connectivity index is 2.26. The highest BCUT2D eigenvalue weighted by atomic mass is 16.3. The third-order valence-electron chi connectivity index (χ3n) is 3.00. The molecule has 1 aliphatic heterocycles. The lowest BCUT2D eigenvalue weighted by molar-refractivity contribution is 0.471. The van der Waals surface area contributed by atoms with Gasteiger partial charge in [-0.05, 0) is 55.0 Å². The zero-order chi connectivity index (χ0) is 10.8. The van der Waals surface area contributed by atoms with Gasteiger partial charge in [0.1, 0.15) is 5.75 Å². The summed E-state index contributed by atoms with van der Waals surface area (Å²) in [5, 5.41) is 9.44. The number of aromatic hydroxyl groups is 1. The van der Waals surface area contributed by atoms with Gasteiger partial charge >= 0.3 is 0 Å². The molecule has 0 saturated heterocycles. The third kappa shape index (κ3) is 2.20. The van der Waals surface area contributed by atoms with Gasteiger partial charge in [-0.3, -0.25) is 4.99 Å². The SMILES string of the molecule is Cc1cc(C2=NCC(C)CC2)ccc1O. The molecule has 80 valence electrons. The smallest absolute Gasteiger partial charge is 0.118 e. The van der Waals surface area contributed by atoms with Crippen LogP contribution in [0.25, 0.3) is 0 Å². The van der Waals surface area contributed by atoms with Gasteiger partial charge in [0.15, 0.2) is 0 Å². The fraction of sp³-hybridized carbons (Fsp3) is 0.462. The summed E-state index contributed by atoms with van der Waals surface area (Å²) in [6.45, 7) is 5.10. The third-order valence-corrected chi connectivity index (χ3v) is 3.00. The average Bonchev–Trinajstić information content (AvgIpc) is 2.23. The Labute approximate surface area is 90.7 Å². The fourth-order valence-electron chi connectivity index (χ4n) is 1.89. The van der Waals surface area contributed by atoms with E-state index < -0.39 is 0 Å². The largest absolute Gasteiger partial charge is 0.508 e. The molecule has 1 N–H and O–H groups in total. The van der Waals surface area contributed by atoms with E-state index in [1.807, 2.05) is 19.1 Å². The standard InChI is InChI=1S/C13H17NO/c1-9-3-5-12(14-8-9)11-4-6-13(15)10(2)7-11/h4,6-7,9,15H,3,5,8H2,1-2H3. The minimum Gasteiger partial charge on any atom is -0.508 e. The van der Waals surface area contributed by atoms with Gasteiger partial charge < -0.3 is 5.11 Å². The number of aliphatic imine (C=N–C) groups is 1. The van der Waals surface area contributed by atoms with Crippen molar-refractivity contribution in [2.24, 2.45) is 10.9 Å². The summed E-state index contributed by atoms with van der Waals surface area (Å²) in [4.78, 5) is 4.59. The highest BCUT2D eigenvalue weighted by Crippen LogP contribution is 2.22. The van der Waals surface area contributed by atoms with E-state index in [2.05, 4.69) is 11.9 Å². The molecule has 1 unspecified atom stereocenters. The Kier molecular flexibility index (Phi) is 2.76. The van der Waals surface area contributed by atoms with E-state index in [0.29, 0.717) is 11.7 Å². The van der Waals surface area contributed by atoms with Crippen molar-refractivity contribution in [1.82, 2.24) is 0 Å². The van der Waals surface area contributed by atoms with Crippen molar-refractivity contribution in [2.75, 3.05) is 6.54 Å². The number of phenolic OH excluding ortho intramolecular Hbond substituents is 1. The number of hydrogen-bond acceptors (Lipinski definition) is 2. The molecule has 0 amide bonds. The minimum absolute atomic E-state index is 0.364. The van der Waals surface area contributed by atoms with Gasteiger partial charge in [-0.2, -0.15) is 0 Å². The predicted molar refractivity (Wildman–Crippen MR) is 62.6 cm³/mol. The van der Waals surface area contributed by atoms with Crippen LogP contribution in [0.15, 0.2) is 23.2 Å². The van der Waals surface area contributed by atoms with E-state index in [0.717, 1.165) is 24.1 Å². The quantitative estimate of drug-likeness (QED) is 0.747. The van der Waals surface area contributed by atoms with Gasteiger partial charge in [0.05, 0.1) is 0 Å². The second-order valence-corrected chi connectivity index (χ2v) is 4.43. The van der Waals surface area contributed by atoms with Crippen LogP contribution in [-0.4, -0.2) is 17.4 Å². The van der Waals surface area contributed by atoms with Crippen molar-refractivity contribution in [3.05, 3.63) is 29.3 Å². The minimum atomic E-state index is 0.364. The van der Waals surface area contributed by atoms with E-state index in [4.69, 9.17) is 0 Å². The van der Waals surface area contributed by atoms with E-state index >= 15 is 0 Å². The van der Waals surface area contributed by atoms with Crippen molar-refractivity contribution in [2.45, 2.75) is 26.7 Å². The molecule has 1 aromatic rings. The Morgan fingerprint density at radius 2 is 2.20 bits per heavy atom.